The molecule has 1 aromatic carbocycles. The second kappa shape index (κ2) is 5.83. The van der Waals surface area contributed by atoms with E-state index in [1.165, 1.54) is 42.2 Å². The second-order valence-electron chi connectivity index (χ2n) is 5.34. The molecule has 0 saturated carbocycles. The van der Waals surface area contributed by atoms with Crippen LogP contribution in [0.3, 0.4) is 0 Å². The van der Waals surface area contributed by atoms with Gasteiger partial charge in [-0.05, 0) is 51.0 Å². The molecule has 0 bridgehead atoms. The topological polar surface area (TPSA) is 28.2 Å². The van der Waals surface area contributed by atoms with Crippen LogP contribution in [0.4, 0.5) is 11.4 Å². The van der Waals surface area contributed by atoms with E-state index in [1.807, 2.05) is 0 Å². The van der Waals surface area contributed by atoms with E-state index in [0.717, 1.165) is 17.2 Å². The van der Waals surface area contributed by atoms with Gasteiger partial charge in [-0.1, -0.05) is 0 Å². The second-order valence-corrected chi connectivity index (χ2v) is 6.62. The van der Waals surface area contributed by atoms with Crippen LogP contribution in [0.1, 0.15) is 28.4 Å². The summed E-state index contributed by atoms with van der Waals surface area (Å²) in [5, 5.41) is 4.63. The number of rotatable bonds is 4. The minimum Gasteiger partial charge on any atom is -0.380 e. The van der Waals surface area contributed by atoms with Crippen LogP contribution >= 0.6 is 11.3 Å². The maximum absolute atomic E-state index is 4.46. The van der Waals surface area contributed by atoms with Crippen molar-refractivity contribution in [3.8, 4) is 0 Å². The molecule has 0 aliphatic carbocycles. The monoisotopic (exact) mass is 287 g/mol. The summed E-state index contributed by atoms with van der Waals surface area (Å²) in [6.45, 7) is 7.40. The first-order valence-corrected chi connectivity index (χ1v) is 8.06. The van der Waals surface area contributed by atoms with E-state index in [9.17, 15) is 0 Å². The van der Waals surface area contributed by atoms with E-state index >= 15 is 0 Å². The molecule has 1 aromatic heterocycles. The van der Waals surface area contributed by atoms with Crippen molar-refractivity contribution in [1.82, 2.24) is 4.98 Å². The Morgan fingerprint density at radius 3 is 2.45 bits per heavy atom. The summed E-state index contributed by atoms with van der Waals surface area (Å²) in [4.78, 5) is 8.25. The molecule has 0 unspecified atom stereocenters. The SMILES string of the molecule is Cc1nc(C)c(CNc2ccc(N3CCCC3)cc2)s1. The van der Waals surface area contributed by atoms with Crippen molar-refractivity contribution in [3.63, 3.8) is 0 Å². The van der Waals surface area contributed by atoms with Crippen molar-refractivity contribution >= 4 is 22.7 Å². The Morgan fingerprint density at radius 1 is 1.15 bits per heavy atom. The van der Waals surface area contributed by atoms with Crippen molar-refractivity contribution in [1.29, 1.82) is 0 Å². The molecule has 106 valence electrons. The maximum Gasteiger partial charge on any atom is 0.0900 e. The highest BCUT2D eigenvalue weighted by Crippen LogP contribution is 2.23. The van der Waals surface area contributed by atoms with E-state index in [4.69, 9.17) is 0 Å². The highest BCUT2D eigenvalue weighted by atomic mass is 32.1. The number of aromatic nitrogens is 1. The molecule has 1 fully saturated rings. The number of hydrogen-bond donors (Lipinski definition) is 1. The molecule has 0 atom stereocenters. The van der Waals surface area contributed by atoms with Gasteiger partial charge in [-0.15, -0.1) is 11.3 Å². The van der Waals surface area contributed by atoms with Crippen LogP contribution in [0.15, 0.2) is 24.3 Å². The van der Waals surface area contributed by atoms with E-state index in [1.54, 1.807) is 11.3 Å². The van der Waals surface area contributed by atoms with Crippen LogP contribution < -0.4 is 10.2 Å². The Kier molecular flexibility index (Phi) is 3.92. The molecule has 2 aromatic rings. The largest absolute Gasteiger partial charge is 0.380 e. The summed E-state index contributed by atoms with van der Waals surface area (Å²) in [6.07, 6.45) is 2.65. The molecular formula is C16H21N3S. The summed E-state index contributed by atoms with van der Waals surface area (Å²) >= 11 is 1.78. The fourth-order valence-electron chi connectivity index (χ4n) is 2.69. The van der Waals surface area contributed by atoms with Gasteiger partial charge in [0.25, 0.3) is 0 Å². The average Bonchev–Trinajstić information content (AvgIpc) is 3.07. The van der Waals surface area contributed by atoms with Gasteiger partial charge in [0.15, 0.2) is 0 Å². The molecular weight excluding hydrogens is 266 g/mol. The first-order valence-electron chi connectivity index (χ1n) is 7.24. The predicted molar refractivity (Wildman–Crippen MR) is 86.8 cm³/mol. The molecule has 1 N–H and O–H groups in total. The molecule has 0 radical (unpaired) electrons. The summed E-state index contributed by atoms with van der Waals surface area (Å²) < 4.78 is 0. The Bertz CT molecular complexity index is 568. The lowest BCUT2D eigenvalue weighted by atomic mass is 10.2. The van der Waals surface area contributed by atoms with Gasteiger partial charge in [0, 0.05) is 29.3 Å². The summed E-state index contributed by atoms with van der Waals surface area (Å²) in [5.41, 5.74) is 3.67. The molecule has 3 rings (SSSR count). The van der Waals surface area contributed by atoms with Crippen molar-refractivity contribution in [2.24, 2.45) is 0 Å². The summed E-state index contributed by atoms with van der Waals surface area (Å²) in [5.74, 6) is 0. The summed E-state index contributed by atoms with van der Waals surface area (Å²) in [6, 6.07) is 8.80. The van der Waals surface area contributed by atoms with Crippen LogP contribution in [-0.4, -0.2) is 18.1 Å². The van der Waals surface area contributed by atoms with Crippen molar-refractivity contribution in [2.45, 2.75) is 33.2 Å². The van der Waals surface area contributed by atoms with Gasteiger partial charge in [0.05, 0.1) is 17.2 Å². The lowest BCUT2D eigenvalue weighted by Gasteiger charge is -2.17. The fraction of sp³-hybridized carbons (Fsp3) is 0.438. The van der Waals surface area contributed by atoms with Gasteiger partial charge >= 0.3 is 0 Å². The normalized spacial score (nSPS) is 14.8. The molecule has 20 heavy (non-hydrogen) atoms. The number of nitrogens with zero attached hydrogens (tertiary/aromatic N) is 2. The number of anilines is 2. The molecule has 0 spiro atoms. The first-order chi connectivity index (χ1) is 9.72. The molecule has 2 heterocycles. The lowest BCUT2D eigenvalue weighted by molar-refractivity contribution is 0.949. The lowest BCUT2D eigenvalue weighted by Crippen LogP contribution is -2.17. The van der Waals surface area contributed by atoms with Crippen LogP contribution in [0, 0.1) is 13.8 Å². The number of hydrogen-bond acceptors (Lipinski definition) is 4. The minimum absolute atomic E-state index is 0.862. The summed E-state index contributed by atoms with van der Waals surface area (Å²) in [7, 11) is 0. The maximum atomic E-state index is 4.46. The third-order valence-corrected chi connectivity index (χ3v) is 4.86. The predicted octanol–water partition coefficient (Wildman–Crippen LogP) is 3.97. The fourth-order valence-corrected chi connectivity index (χ4v) is 3.56. The minimum atomic E-state index is 0.862. The average molecular weight is 287 g/mol. The molecule has 4 heteroatoms. The standard InChI is InChI=1S/C16H21N3S/c1-12-16(20-13(2)18-12)11-17-14-5-7-15(8-6-14)19-9-3-4-10-19/h5-8,17H,3-4,9-11H2,1-2H3. The number of benzene rings is 1. The highest BCUT2D eigenvalue weighted by Gasteiger charge is 2.11. The molecule has 1 aliphatic rings. The Balaban J connectivity index is 1.62. The van der Waals surface area contributed by atoms with E-state index in [0.29, 0.717) is 0 Å². The number of nitrogens with one attached hydrogen (secondary N) is 1. The van der Waals surface area contributed by atoms with Crippen molar-refractivity contribution < 1.29 is 0 Å². The highest BCUT2D eigenvalue weighted by molar-refractivity contribution is 7.11. The van der Waals surface area contributed by atoms with Crippen molar-refractivity contribution in [3.05, 3.63) is 39.8 Å². The van der Waals surface area contributed by atoms with Crippen LogP contribution in [-0.2, 0) is 6.54 Å². The first kappa shape index (κ1) is 13.4. The van der Waals surface area contributed by atoms with Gasteiger partial charge in [-0.25, -0.2) is 4.98 Å². The van der Waals surface area contributed by atoms with E-state index in [2.05, 4.69) is 53.3 Å². The number of aryl methyl sites for hydroxylation is 2. The Morgan fingerprint density at radius 2 is 1.85 bits per heavy atom. The molecule has 0 amide bonds. The Labute approximate surface area is 124 Å². The van der Waals surface area contributed by atoms with Gasteiger partial charge < -0.3 is 10.2 Å². The third-order valence-electron chi connectivity index (χ3n) is 3.79. The smallest absolute Gasteiger partial charge is 0.0900 e. The third kappa shape index (κ3) is 2.96. The van der Waals surface area contributed by atoms with Gasteiger partial charge in [0.2, 0.25) is 0 Å². The van der Waals surface area contributed by atoms with E-state index < -0.39 is 0 Å². The van der Waals surface area contributed by atoms with Crippen LogP contribution in [0.25, 0.3) is 0 Å². The van der Waals surface area contributed by atoms with Crippen LogP contribution in [0.5, 0.6) is 0 Å². The zero-order valence-corrected chi connectivity index (χ0v) is 13.0. The van der Waals surface area contributed by atoms with Gasteiger partial charge in [-0.2, -0.15) is 0 Å². The van der Waals surface area contributed by atoms with Gasteiger partial charge in [-0.3, -0.25) is 0 Å². The quantitative estimate of drug-likeness (QED) is 0.922. The zero-order valence-electron chi connectivity index (χ0n) is 12.1. The molecule has 1 aliphatic heterocycles. The van der Waals surface area contributed by atoms with Crippen LogP contribution in [0.2, 0.25) is 0 Å². The van der Waals surface area contributed by atoms with Gasteiger partial charge in [0.1, 0.15) is 0 Å². The Hall–Kier alpha value is -1.55. The molecule has 1 saturated heterocycles. The number of thiazole rings is 1. The zero-order chi connectivity index (χ0) is 13.9. The van der Waals surface area contributed by atoms with E-state index in [-0.39, 0.29) is 0 Å². The molecule has 3 nitrogen and oxygen atoms in total. The van der Waals surface area contributed by atoms with Crippen molar-refractivity contribution in [2.75, 3.05) is 23.3 Å².